The normalized spacial score (nSPS) is 24.9. The average Bonchev–Trinajstić information content (AvgIpc) is 2.86. The third kappa shape index (κ3) is 3.69. The highest BCUT2D eigenvalue weighted by Gasteiger charge is 2.60. The number of ether oxygens (including phenoxy) is 1. The number of phenolic OH excluding ortho intramolecular Hbond substituents is 1. The van der Waals surface area contributed by atoms with Gasteiger partial charge in [0.25, 0.3) is 5.91 Å². The number of primary amides is 1. The molecule has 9 nitrogen and oxygen atoms in total. The second kappa shape index (κ2) is 8.77. The second-order valence-corrected chi connectivity index (χ2v) is 9.85. The minimum Gasteiger partial charge on any atom is -0.508 e. The molecule has 1 saturated carbocycles. The van der Waals surface area contributed by atoms with Crippen molar-refractivity contribution in [3.8, 4) is 11.5 Å². The van der Waals surface area contributed by atoms with Crippen LogP contribution in [-0.2, 0) is 33.6 Å². The van der Waals surface area contributed by atoms with E-state index in [4.69, 9.17) is 10.5 Å². The van der Waals surface area contributed by atoms with Crippen LogP contribution >= 0.6 is 0 Å². The molecule has 2 aromatic rings. The number of aliphatic hydroxyl groups excluding tert-OH is 2. The van der Waals surface area contributed by atoms with E-state index < -0.39 is 52.0 Å². The molecule has 5 rings (SSSR count). The predicted molar refractivity (Wildman–Crippen MR) is 132 cm³/mol. The topological polar surface area (TPSA) is 167 Å². The Balaban J connectivity index is 1.54. The molecule has 0 unspecified atom stereocenters. The minimum absolute atomic E-state index is 0.108. The minimum atomic E-state index is -2.56. The smallest absolute Gasteiger partial charge is 0.255 e. The Labute approximate surface area is 212 Å². The van der Waals surface area contributed by atoms with Gasteiger partial charge >= 0.3 is 0 Å². The van der Waals surface area contributed by atoms with Crippen LogP contribution in [0.3, 0.4) is 0 Å². The highest BCUT2D eigenvalue weighted by atomic mass is 16.5. The number of benzene rings is 2. The lowest BCUT2D eigenvalue weighted by atomic mass is 9.59. The summed E-state index contributed by atoms with van der Waals surface area (Å²) in [6.45, 7) is 0. The summed E-state index contributed by atoms with van der Waals surface area (Å²) in [6.07, 6.45) is 1.35. The third-order valence-corrected chi connectivity index (χ3v) is 7.89. The van der Waals surface area contributed by atoms with Gasteiger partial charge in [-0.2, -0.15) is 0 Å². The Kier molecular flexibility index (Phi) is 5.83. The molecule has 0 aliphatic heterocycles. The summed E-state index contributed by atoms with van der Waals surface area (Å²) in [6, 6.07) is 10.9. The molecule has 3 aliphatic rings. The number of ketones is 2. The fourth-order valence-electron chi connectivity index (χ4n) is 5.99. The van der Waals surface area contributed by atoms with Crippen molar-refractivity contribution in [2.45, 2.75) is 37.7 Å². The Morgan fingerprint density at radius 3 is 2.41 bits per heavy atom. The SMILES string of the molecule is COc1ccc(CCc2ccc(O)c3c2C[C@H]2C[C@H]4CC(=O)C(C(N)=O)=C(O)[C@@]4(O)C(=O)C2=C3O)cc1. The summed E-state index contributed by atoms with van der Waals surface area (Å²) in [4.78, 5) is 37.8. The summed E-state index contributed by atoms with van der Waals surface area (Å²) in [5, 5.41) is 43.8. The van der Waals surface area contributed by atoms with Crippen molar-refractivity contribution in [3.63, 3.8) is 0 Å². The maximum Gasteiger partial charge on any atom is 0.255 e. The largest absolute Gasteiger partial charge is 0.508 e. The third-order valence-electron chi connectivity index (χ3n) is 7.89. The number of rotatable bonds is 5. The maximum atomic E-state index is 13.6. The Morgan fingerprint density at radius 1 is 1.05 bits per heavy atom. The van der Waals surface area contributed by atoms with Gasteiger partial charge in [-0.3, -0.25) is 14.4 Å². The van der Waals surface area contributed by atoms with Gasteiger partial charge in [0.05, 0.1) is 12.7 Å². The molecule has 0 saturated heterocycles. The van der Waals surface area contributed by atoms with Crippen molar-refractivity contribution in [3.05, 3.63) is 75.6 Å². The standard InChI is InChI=1S/C28H27NO8/c1-37-17-7-3-13(4-8-17)2-5-14-6-9-19(30)22-18(14)11-15-10-16-12-20(31)23(27(29)35)26(34)28(16,36)25(33)21(15)24(22)32/h3-4,6-9,15-16,30,32,34,36H,2,5,10-12H2,1H3,(H2,29,35)/t15-,16+,28+/m1/s1. The first-order valence-corrected chi connectivity index (χ1v) is 12.0. The van der Waals surface area contributed by atoms with E-state index in [9.17, 15) is 34.8 Å². The van der Waals surface area contributed by atoms with E-state index in [2.05, 4.69) is 0 Å². The van der Waals surface area contributed by atoms with Crippen molar-refractivity contribution >= 4 is 23.2 Å². The number of carbonyl (C=O) groups is 3. The van der Waals surface area contributed by atoms with Gasteiger partial charge < -0.3 is 30.9 Å². The molecule has 1 amide bonds. The Hall–Kier alpha value is -4.11. The molecule has 3 atom stereocenters. The van der Waals surface area contributed by atoms with Crippen LogP contribution in [0, 0.1) is 11.8 Å². The fourth-order valence-corrected chi connectivity index (χ4v) is 5.99. The van der Waals surface area contributed by atoms with Gasteiger partial charge in [0, 0.05) is 17.9 Å². The summed E-state index contributed by atoms with van der Waals surface area (Å²) in [5.74, 6) is -5.53. The predicted octanol–water partition coefficient (Wildman–Crippen LogP) is 2.22. The molecule has 2 aromatic carbocycles. The summed E-state index contributed by atoms with van der Waals surface area (Å²) < 4.78 is 5.20. The molecule has 192 valence electrons. The second-order valence-electron chi connectivity index (χ2n) is 9.85. The quantitative estimate of drug-likeness (QED) is 0.386. The number of aryl methyl sites for hydroxylation is 2. The number of amides is 1. The molecular formula is C28H27NO8. The number of aromatic hydroxyl groups is 1. The number of methoxy groups -OCH3 is 1. The maximum absolute atomic E-state index is 13.6. The number of aliphatic hydroxyl groups is 3. The van der Waals surface area contributed by atoms with Crippen LogP contribution in [0.25, 0.3) is 5.76 Å². The van der Waals surface area contributed by atoms with Gasteiger partial charge in [-0.25, -0.2) is 0 Å². The van der Waals surface area contributed by atoms with Crippen LogP contribution < -0.4 is 10.5 Å². The van der Waals surface area contributed by atoms with Crippen molar-refractivity contribution in [2.24, 2.45) is 17.6 Å². The number of fused-ring (bicyclic) bond motifs is 3. The number of carbonyl (C=O) groups excluding carboxylic acids is 3. The monoisotopic (exact) mass is 505 g/mol. The van der Waals surface area contributed by atoms with Gasteiger partial charge in [-0.1, -0.05) is 18.2 Å². The first kappa shape index (κ1) is 24.6. The first-order valence-electron chi connectivity index (χ1n) is 12.0. The fraction of sp³-hybridized carbons (Fsp3) is 0.321. The van der Waals surface area contributed by atoms with Gasteiger partial charge in [0.2, 0.25) is 5.78 Å². The number of hydrogen-bond donors (Lipinski definition) is 5. The molecule has 0 bridgehead atoms. The molecule has 6 N–H and O–H groups in total. The van der Waals surface area contributed by atoms with Crippen molar-refractivity contribution < 1.29 is 39.5 Å². The summed E-state index contributed by atoms with van der Waals surface area (Å²) in [5.41, 5.74) is 4.48. The number of phenols is 1. The number of hydrogen-bond acceptors (Lipinski definition) is 8. The van der Waals surface area contributed by atoms with Crippen LogP contribution in [-0.4, -0.2) is 50.6 Å². The van der Waals surface area contributed by atoms with E-state index in [1.807, 2.05) is 24.3 Å². The van der Waals surface area contributed by atoms with Crippen molar-refractivity contribution in [2.75, 3.05) is 7.11 Å². The zero-order valence-corrected chi connectivity index (χ0v) is 20.2. The van der Waals surface area contributed by atoms with Gasteiger partial charge in [-0.15, -0.1) is 0 Å². The van der Waals surface area contributed by atoms with Gasteiger partial charge in [0.15, 0.2) is 11.4 Å². The van der Waals surface area contributed by atoms with E-state index in [1.165, 1.54) is 6.07 Å². The van der Waals surface area contributed by atoms with E-state index in [1.54, 1.807) is 13.2 Å². The van der Waals surface area contributed by atoms with Crippen LogP contribution in [0.15, 0.2) is 53.3 Å². The van der Waals surface area contributed by atoms with Crippen LogP contribution in [0.1, 0.15) is 35.1 Å². The van der Waals surface area contributed by atoms with Gasteiger partial charge in [0.1, 0.15) is 28.6 Å². The zero-order valence-electron chi connectivity index (χ0n) is 20.2. The number of Topliss-reactive ketones (excluding diaryl/α,β-unsaturated/α-hetero) is 2. The molecule has 9 heteroatoms. The van der Waals surface area contributed by atoms with Crippen LogP contribution in [0.5, 0.6) is 11.5 Å². The molecule has 0 radical (unpaired) electrons. The van der Waals surface area contributed by atoms with E-state index >= 15 is 0 Å². The van der Waals surface area contributed by atoms with E-state index in [-0.39, 0.29) is 29.7 Å². The lowest BCUT2D eigenvalue weighted by Gasteiger charge is -2.46. The summed E-state index contributed by atoms with van der Waals surface area (Å²) in [7, 11) is 1.60. The lowest BCUT2D eigenvalue weighted by Crippen LogP contribution is -2.58. The molecule has 0 aromatic heterocycles. The molecule has 1 fully saturated rings. The van der Waals surface area contributed by atoms with Crippen molar-refractivity contribution in [1.29, 1.82) is 0 Å². The van der Waals surface area contributed by atoms with E-state index in [0.717, 1.165) is 16.9 Å². The lowest BCUT2D eigenvalue weighted by molar-refractivity contribution is -0.147. The highest BCUT2D eigenvalue weighted by Crippen LogP contribution is 2.52. The first-order chi connectivity index (χ1) is 17.6. The molecule has 0 heterocycles. The van der Waals surface area contributed by atoms with E-state index in [0.29, 0.717) is 24.8 Å². The Morgan fingerprint density at radius 2 is 1.76 bits per heavy atom. The highest BCUT2D eigenvalue weighted by molar-refractivity contribution is 6.22. The zero-order chi connectivity index (χ0) is 26.6. The average molecular weight is 506 g/mol. The van der Waals surface area contributed by atoms with Crippen LogP contribution in [0.4, 0.5) is 0 Å². The summed E-state index contributed by atoms with van der Waals surface area (Å²) >= 11 is 0. The Bertz CT molecular complexity index is 1400. The molecular weight excluding hydrogens is 478 g/mol. The number of nitrogens with two attached hydrogens (primary N) is 1. The van der Waals surface area contributed by atoms with Crippen molar-refractivity contribution in [1.82, 2.24) is 0 Å². The molecule has 3 aliphatic carbocycles. The molecule has 0 spiro atoms. The molecule has 37 heavy (non-hydrogen) atoms. The van der Waals surface area contributed by atoms with Gasteiger partial charge in [-0.05, 0) is 66.5 Å². The van der Waals surface area contributed by atoms with Crippen LogP contribution in [0.2, 0.25) is 0 Å².